The summed E-state index contributed by atoms with van der Waals surface area (Å²) in [5.74, 6) is 1.07. The monoisotopic (exact) mass is 273 g/mol. The van der Waals surface area contributed by atoms with Crippen LogP contribution in [0.15, 0.2) is 44.9 Å². The Bertz CT molecular complexity index is 755. The highest BCUT2D eigenvalue weighted by Gasteiger charge is 2.03. The molecule has 0 aliphatic rings. The van der Waals surface area contributed by atoms with Crippen molar-refractivity contribution in [2.45, 2.75) is 0 Å². The molecule has 2 aromatic rings. The smallest absolute Gasteiger partial charge is 0.332 e. The molecule has 0 aliphatic carbocycles. The number of rotatable bonds is 3. The summed E-state index contributed by atoms with van der Waals surface area (Å²) >= 11 is 0. The lowest BCUT2D eigenvalue weighted by atomic mass is 10.2. The van der Waals surface area contributed by atoms with Gasteiger partial charge in [-0.05, 0) is 29.8 Å². The Balaban J connectivity index is 2.36. The maximum atomic E-state index is 11.7. The molecule has 6 nitrogen and oxygen atoms in total. The van der Waals surface area contributed by atoms with Crippen LogP contribution < -0.4 is 16.0 Å². The van der Waals surface area contributed by atoms with E-state index in [0.717, 1.165) is 15.9 Å². The molecule has 0 N–H and O–H groups in total. The Morgan fingerprint density at radius 3 is 2.35 bits per heavy atom. The Hall–Kier alpha value is -2.63. The fourth-order valence-electron chi connectivity index (χ4n) is 1.68. The van der Waals surface area contributed by atoms with Gasteiger partial charge in [-0.25, -0.2) is 9.79 Å². The highest BCUT2D eigenvalue weighted by molar-refractivity contribution is 5.81. The molecule has 0 unspecified atom stereocenters. The molecule has 0 radical (unpaired) electrons. The molecule has 20 heavy (non-hydrogen) atoms. The first-order chi connectivity index (χ1) is 9.52. The van der Waals surface area contributed by atoms with Gasteiger partial charge in [0.05, 0.1) is 7.11 Å². The van der Waals surface area contributed by atoms with Crippen molar-refractivity contribution in [1.29, 1.82) is 0 Å². The molecule has 0 amide bonds. The predicted octanol–water partition coefficient (Wildman–Crippen LogP) is 0.843. The molecule has 0 spiro atoms. The maximum Gasteiger partial charge on any atom is 0.332 e. The average Bonchev–Trinajstić information content (AvgIpc) is 2.48. The number of aliphatic imine (C=N–C) groups is 1. The first-order valence-electron chi connectivity index (χ1n) is 5.98. The second-order valence-electron chi connectivity index (χ2n) is 4.27. The van der Waals surface area contributed by atoms with Crippen molar-refractivity contribution in [3.8, 4) is 5.75 Å². The Morgan fingerprint density at radius 1 is 1.10 bits per heavy atom. The zero-order valence-electron chi connectivity index (χ0n) is 11.5. The van der Waals surface area contributed by atoms with Gasteiger partial charge in [-0.3, -0.25) is 13.9 Å². The number of hydrogen-bond acceptors (Lipinski definition) is 4. The van der Waals surface area contributed by atoms with Crippen LogP contribution in [0.1, 0.15) is 5.56 Å². The van der Waals surface area contributed by atoms with Crippen molar-refractivity contribution in [1.82, 2.24) is 9.13 Å². The SMILES string of the molecule is COc1ccc(/C=N/c2cc(=O)n(C)c(=O)n2C)cc1. The second kappa shape index (κ2) is 5.56. The molecule has 104 valence electrons. The van der Waals surface area contributed by atoms with Crippen LogP contribution in [0.2, 0.25) is 0 Å². The normalized spacial score (nSPS) is 10.9. The van der Waals surface area contributed by atoms with Crippen molar-refractivity contribution in [3.05, 3.63) is 56.7 Å². The summed E-state index contributed by atoms with van der Waals surface area (Å²) in [5.41, 5.74) is 0.0632. The molecule has 1 heterocycles. The largest absolute Gasteiger partial charge is 0.497 e. The van der Waals surface area contributed by atoms with Crippen molar-refractivity contribution in [2.24, 2.45) is 19.1 Å². The number of hydrogen-bond donors (Lipinski definition) is 0. The fraction of sp³-hybridized carbons (Fsp3) is 0.214. The third-order valence-electron chi connectivity index (χ3n) is 2.96. The molecule has 0 fully saturated rings. The maximum absolute atomic E-state index is 11.7. The van der Waals surface area contributed by atoms with E-state index in [4.69, 9.17) is 4.74 Å². The van der Waals surface area contributed by atoms with E-state index in [1.807, 2.05) is 24.3 Å². The minimum Gasteiger partial charge on any atom is -0.497 e. The molecule has 1 aromatic heterocycles. The van der Waals surface area contributed by atoms with Gasteiger partial charge in [0.25, 0.3) is 5.56 Å². The van der Waals surface area contributed by atoms with E-state index in [2.05, 4.69) is 4.99 Å². The second-order valence-corrected chi connectivity index (χ2v) is 4.27. The third kappa shape index (κ3) is 2.69. The van der Waals surface area contributed by atoms with E-state index in [1.165, 1.54) is 17.7 Å². The lowest BCUT2D eigenvalue weighted by molar-refractivity contribution is 0.415. The van der Waals surface area contributed by atoms with Crippen molar-refractivity contribution in [3.63, 3.8) is 0 Å². The quantitative estimate of drug-likeness (QED) is 0.778. The highest BCUT2D eigenvalue weighted by Crippen LogP contribution is 2.11. The van der Waals surface area contributed by atoms with Gasteiger partial charge in [-0.15, -0.1) is 0 Å². The summed E-state index contributed by atoms with van der Waals surface area (Å²) in [6, 6.07) is 8.61. The van der Waals surface area contributed by atoms with Crippen LogP contribution >= 0.6 is 0 Å². The molecule has 1 aromatic carbocycles. The van der Waals surface area contributed by atoms with Gasteiger partial charge in [0.2, 0.25) is 0 Å². The number of methoxy groups -OCH3 is 1. The number of aromatic nitrogens is 2. The van der Waals surface area contributed by atoms with Gasteiger partial charge in [0.15, 0.2) is 0 Å². The van der Waals surface area contributed by atoms with E-state index >= 15 is 0 Å². The summed E-state index contributed by atoms with van der Waals surface area (Å²) in [7, 11) is 4.60. The standard InChI is InChI=1S/C14H15N3O3/c1-16-12(8-13(18)17(2)14(16)19)15-9-10-4-6-11(20-3)7-5-10/h4-9H,1-3H3/b15-9+. The Morgan fingerprint density at radius 2 is 1.75 bits per heavy atom. The molecule has 2 rings (SSSR count). The number of benzene rings is 1. The summed E-state index contributed by atoms with van der Waals surface area (Å²) < 4.78 is 7.42. The first-order valence-corrected chi connectivity index (χ1v) is 5.98. The zero-order chi connectivity index (χ0) is 14.7. The van der Waals surface area contributed by atoms with Gasteiger partial charge in [-0.1, -0.05) is 0 Å². The summed E-state index contributed by atoms with van der Waals surface area (Å²) in [6.45, 7) is 0. The van der Waals surface area contributed by atoms with Crippen LogP contribution in [0.25, 0.3) is 0 Å². The van der Waals surface area contributed by atoms with Gasteiger partial charge in [0, 0.05) is 26.4 Å². The van der Waals surface area contributed by atoms with Crippen molar-refractivity contribution < 1.29 is 4.74 Å². The Labute approximate surface area is 115 Å². The van der Waals surface area contributed by atoms with E-state index in [1.54, 1.807) is 20.4 Å². The lowest BCUT2D eigenvalue weighted by Crippen LogP contribution is -2.35. The lowest BCUT2D eigenvalue weighted by Gasteiger charge is -2.04. The zero-order valence-corrected chi connectivity index (χ0v) is 11.5. The van der Waals surface area contributed by atoms with Crippen LogP contribution in [0.5, 0.6) is 5.75 Å². The topological polar surface area (TPSA) is 65.6 Å². The van der Waals surface area contributed by atoms with Crippen LogP contribution in [0.3, 0.4) is 0 Å². The fourth-order valence-corrected chi connectivity index (χ4v) is 1.68. The average molecular weight is 273 g/mol. The third-order valence-corrected chi connectivity index (χ3v) is 2.96. The molecular weight excluding hydrogens is 258 g/mol. The number of nitrogens with zero attached hydrogens (tertiary/aromatic N) is 3. The van der Waals surface area contributed by atoms with E-state index in [-0.39, 0.29) is 5.56 Å². The summed E-state index contributed by atoms with van der Waals surface area (Å²) in [6.07, 6.45) is 1.59. The van der Waals surface area contributed by atoms with E-state index in [9.17, 15) is 9.59 Å². The van der Waals surface area contributed by atoms with Crippen LogP contribution in [-0.2, 0) is 14.1 Å². The minimum atomic E-state index is -0.403. The van der Waals surface area contributed by atoms with Crippen molar-refractivity contribution in [2.75, 3.05) is 7.11 Å². The summed E-state index contributed by atoms with van der Waals surface area (Å²) in [5, 5.41) is 0. The van der Waals surface area contributed by atoms with Crippen LogP contribution in [0.4, 0.5) is 5.82 Å². The van der Waals surface area contributed by atoms with E-state index in [0.29, 0.717) is 5.82 Å². The minimum absolute atomic E-state index is 0.314. The van der Waals surface area contributed by atoms with Crippen LogP contribution in [-0.4, -0.2) is 22.5 Å². The molecule has 0 atom stereocenters. The van der Waals surface area contributed by atoms with Gasteiger partial charge >= 0.3 is 5.69 Å². The van der Waals surface area contributed by atoms with Gasteiger partial charge in [0.1, 0.15) is 11.6 Å². The highest BCUT2D eigenvalue weighted by atomic mass is 16.5. The van der Waals surface area contributed by atoms with Gasteiger partial charge < -0.3 is 4.74 Å². The molecule has 0 aliphatic heterocycles. The molecular formula is C14H15N3O3. The molecule has 0 saturated carbocycles. The van der Waals surface area contributed by atoms with E-state index < -0.39 is 5.69 Å². The predicted molar refractivity (Wildman–Crippen MR) is 77.2 cm³/mol. The molecule has 0 bridgehead atoms. The van der Waals surface area contributed by atoms with Gasteiger partial charge in [-0.2, -0.15) is 0 Å². The molecule has 6 heteroatoms. The first kappa shape index (κ1) is 13.8. The summed E-state index contributed by atoms with van der Waals surface area (Å²) in [4.78, 5) is 27.5. The van der Waals surface area contributed by atoms with Crippen molar-refractivity contribution >= 4 is 12.0 Å². The van der Waals surface area contributed by atoms with Crippen LogP contribution in [0, 0.1) is 0 Å². The Kier molecular flexibility index (Phi) is 3.84. The molecule has 0 saturated heterocycles. The number of ether oxygens (including phenoxy) is 1.